The monoisotopic (exact) mass is 348 g/mol. The van der Waals surface area contributed by atoms with Crippen molar-refractivity contribution in [2.45, 2.75) is 57.0 Å². The van der Waals surface area contributed by atoms with Crippen LogP contribution in [-0.4, -0.2) is 12.4 Å². The van der Waals surface area contributed by atoms with Gasteiger partial charge in [-0.3, -0.25) is 4.79 Å². The Morgan fingerprint density at radius 2 is 1.85 bits per heavy atom. The molecule has 0 radical (unpaired) electrons. The first-order valence-electron chi connectivity index (χ1n) is 10.1. The normalized spacial score (nSPS) is 27.0. The number of ketones is 1. The molecule has 1 saturated carbocycles. The van der Waals surface area contributed by atoms with E-state index in [1.807, 2.05) is 30.3 Å². The van der Waals surface area contributed by atoms with Crippen LogP contribution in [0.1, 0.15) is 73.0 Å². The van der Waals surface area contributed by atoms with E-state index in [1.54, 1.807) is 0 Å². The number of rotatable bonds is 6. The average molecular weight is 348 g/mol. The highest BCUT2D eigenvalue weighted by molar-refractivity contribution is 5.96. The average Bonchev–Trinajstić information content (AvgIpc) is 2.98. The molecule has 0 bridgehead atoms. The summed E-state index contributed by atoms with van der Waals surface area (Å²) in [5, 5.41) is 0. The number of fused-ring (bicyclic) bond motifs is 3. The molecule has 0 saturated heterocycles. The lowest BCUT2D eigenvalue weighted by molar-refractivity contribution is -0.0128. The van der Waals surface area contributed by atoms with Gasteiger partial charge in [-0.25, -0.2) is 0 Å². The highest BCUT2D eigenvalue weighted by atomic mass is 16.5. The van der Waals surface area contributed by atoms with E-state index < -0.39 is 0 Å². The fraction of sp³-hybridized carbons (Fsp3) is 0.458. The fourth-order valence-corrected chi connectivity index (χ4v) is 5.39. The molecule has 0 aliphatic heterocycles. The van der Waals surface area contributed by atoms with Crippen LogP contribution < -0.4 is 0 Å². The van der Waals surface area contributed by atoms with E-state index in [1.165, 1.54) is 36.8 Å². The van der Waals surface area contributed by atoms with Gasteiger partial charge in [-0.05, 0) is 43.2 Å². The summed E-state index contributed by atoms with van der Waals surface area (Å²) in [6, 6.07) is 18.6. The van der Waals surface area contributed by atoms with Gasteiger partial charge in [-0.2, -0.15) is 0 Å². The predicted octanol–water partition coefficient (Wildman–Crippen LogP) is 5.87. The maximum absolute atomic E-state index is 12.8. The smallest absolute Gasteiger partial charge is 0.162 e. The van der Waals surface area contributed by atoms with Gasteiger partial charge in [0.2, 0.25) is 0 Å². The van der Waals surface area contributed by atoms with Crippen LogP contribution in [0.4, 0.5) is 0 Å². The minimum Gasteiger partial charge on any atom is -0.373 e. The molecule has 3 atom stereocenters. The maximum Gasteiger partial charge on any atom is 0.162 e. The summed E-state index contributed by atoms with van der Waals surface area (Å²) in [7, 11) is 0. The SMILES string of the molecule is CCO[C@@H]1c2ccccc2[C@]2(CCC(=O)c3ccccc3)CCCC[C@H]12. The molecule has 2 nitrogen and oxygen atoms in total. The molecular formula is C24H28O2. The van der Waals surface area contributed by atoms with E-state index in [2.05, 4.69) is 31.2 Å². The van der Waals surface area contributed by atoms with Crippen LogP contribution in [0.3, 0.4) is 0 Å². The molecule has 0 unspecified atom stereocenters. The second-order valence-corrected chi connectivity index (χ2v) is 7.76. The highest BCUT2D eigenvalue weighted by Crippen LogP contribution is 2.59. The van der Waals surface area contributed by atoms with Crippen LogP contribution in [0, 0.1) is 5.92 Å². The molecule has 0 amide bonds. The van der Waals surface area contributed by atoms with E-state index in [4.69, 9.17) is 4.74 Å². The van der Waals surface area contributed by atoms with Crippen LogP contribution in [0.25, 0.3) is 0 Å². The standard InChI is InChI=1S/C24H28O2/c1-2-26-23-19-12-6-7-13-20(19)24(16-9-8-14-21(23)24)17-15-22(25)18-10-4-3-5-11-18/h3-7,10-13,21,23H,2,8-9,14-17H2,1H3/t21-,23-,24-/m1/s1. The van der Waals surface area contributed by atoms with Crippen molar-refractivity contribution in [2.24, 2.45) is 5.92 Å². The van der Waals surface area contributed by atoms with Gasteiger partial charge in [0, 0.05) is 24.0 Å². The molecule has 2 heteroatoms. The van der Waals surface area contributed by atoms with Crippen molar-refractivity contribution in [1.29, 1.82) is 0 Å². The zero-order chi connectivity index (χ0) is 18.0. The van der Waals surface area contributed by atoms with Crippen molar-refractivity contribution in [3.8, 4) is 0 Å². The summed E-state index contributed by atoms with van der Waals surface area (Å²) in [6.45, 7) is 2.83. The molecule has 0 spiro atoms. The molecule has 136 valence electrons. The largest absolute Gasteiger partial charge is 0.373 e. The molecular weight excluding hydrogens is 320 g/mol. The third kappa shape index (κ3) is 2.91. The molecule has 0 N–H and O–H groups in total. The Hall–Kier alpha value is -1.93. The first-order valence-corrected chi connectivity index (χ1v) is 10.1. The minimum atomic E-state index is 0.110. The Balaban J connectivity index is 1.64. The van der Waals surface area contributed by atoms with Crippen molar-refractivity contribution in [3.05, 3.63) is 71.3 Å². The molecule has 0 aromatic heterocycles. The summed E-state index contributed by atoms with van der Waals surface area (Å²) in [5.74, 6) is 0.777. The molecule has 0 heterocycles. The fourth-order valence-electron chi connectivity index (χ4n) is 5.39. The molecule has 4 rings (SSSR count). The van der Waals surface area contributed by atoms with Gasteiger partial charge in [-0.1, -0.05) is 67.4 Å². The maximum atomic E-state index is 12.8. The number of benzene rings is 2. The quantitative estimate of drug-likeness (QED) is 0.610. The molecule has 2 aliphatic rings. The number of carbonyl (C=O) groups excluding carboxylic acids is 1. The van der Waals surface area contributed by atoms with Gasteiger partial charge in [0.05, 0.1) is 6.10 Å². The Bertz CT molecular complexity index is 767. The van der Waals surface area contributed by atoms with Crippen LogP contribution >= 0.6 is 0 Å². The molecule has 26 heavy (non-hydrogen) atoms. The minimum absolute atomic E-state index is 0.110. The second kappa shape index (κ2) is 7.36. The van der Waals surface area contributed by atoms with Crippen molar-refractivity contribution < 1.29 is 9.53 Å². The zero-order valence-electron chi connectivity index (χ0n) is 15.6. The van der Waals surface area contributed by atoms with Gasteiger partial charge in [0.1, 0.15) is 0 Å². The van der Waals surface area contributed by atoms with Crippen molar-refractivity contribution in [3.63, 3.8) is 0 Å². The van der Waals surface area contributed by atoms with Crippen LogP contribution in [0.15, 0.2) is 54.6 Å². The van der Waals surface area contributed by atoms with Gasteiger partial charge < -0.3 is 4.74 Å². The van der Waals surface area contributed by atoms with Gasteiger partial charge >= 0.3 is 0 Å². The Kier molecular flexibility index (Phi) is 4.95. The number of hydrogen-bond donors (Lipinski definition) is 0. The summed E-state index contributed by atoms with van der Waals surface area (Å²) >= 11 is 0. The third-order valence-corrected chi connectivity index (χ3v) is 6.51. The number of Topliss-reactive ketones (excluding diaryl/α,β-unsaturated/α-hetero) is 1. The Morgan fingerprint density at radius 3 is 2.65 bits per heavy atom. The van der Waals surface area contributed by atoms with E-state index in [-0.39, 0.29) is 17.3 Å². The third-order valence-electron chi connectivity index (χ3n) is 6.51. The van der Waals surface area contributed by atoms with Gasteiger partial charge in [0.15, 0.2) is 5.78 Å². The van der Waals surface area contributed by atoms with Crippen LogP contribution in [-0.2, 0) is 10.2 Å². The van der Waals surface area contributed by atoms with E-state index in [0.717, 1.165) is 18.6 Å². The van der Waals surface area contributed by atoms with E-state index >= 15 is 0 Å². The Labute approximate surface area is 156 Å². The highest BCUT2D eigenvalue weighted by Gasteiger charge is 2.52. The van der Waals surface area contributed by atoms with Gasteiger partial charge in [-0.15, -0.1) is 0 Å². The van der Waals surface area contributed by atoms with Crippen molar-refractivity contribution in [2.75, 3.05) is 6.61 Å². The van der Waals surface area contributed by atoms with E-state index in [0.29, 0.717) is 12.3 Å². The molecule has 2 aliphatic carbocycles. The second-order valence-electron chi connectivity index (χ2n) is 7.76. The first-order chi connectivity index (χ1) is 12.8. The lowest BCUT2D eigenvalue weighted by Crippen LogP contribution is -2.37. The lowest BCUT2D eigenvalue weighted by atomic mass is 9.63. The molecule has 2 aromatic carbocycles. The van der Waals surface area contributed by atoms with E-state index in [9.17, 15) is 4.79 Å². The lowest BCUT2D eigenvalue weighted by Gasteiger charge is -2.42. The Morgan fingerprint density at radius 1 is 1.08 bits per heavy atom. The van der Waals surface area contributed by atoms with Crippen LogP contribution in [0.2, 0.25) is 0 Å². The van der Waals surface area contributed by atoms with Gasteiger partial charge in [0.25, 0.3) is 0 Å². The predicted molar refractivity (Wildman–Crippen MR) is 104 cm³/mol. The molecule has 1 fully saturated rings. The molecule has 2 aromatic rings. The summed E-state index contributed by atoms with van der Waals surface area (Å²) < 4.78 is 6.23. The zero-order valence-corrected chi connectivity index (χ0v) is 15.6. The number of ether oxygens (including phenoxy) is 1. The van der Waals surface area contributed by atoms with Crippen molar-refractivity contribution in [1.82, 2.24) is 0 Å². The summed E-state index contributed by atoms with van der Waals surface area (Å²) in [5.41, 5.74) is 3.76. The number of carbonyl (C=O) groups is 1. The van der Waals surface area contributed by atoms with Crippen LogP contribution in [0.5, 0.6) is 0 Å². The first kappa shape index (κ1) is 17.5. The summed E-state index contributed by atoms with van der Waals surface area (Å²) in [4.78, 5) is 12.8. The number of hydrogen-bond acceptors (Lipinski definition) is 2. The van der Waals surface area contributed by atoms with Crippen molar-refractivity contribution >= 4 is 5.78 Å². The topological polar surface area (TPSA) is 26.3 Å². The summed E-state index contributed by atoms with van der Waals surface area (Å²) in [6.07, 6.45) is 6.67.